The molecule has 3 aromatic carbocycles. The fourth-order valence-corrected chi connectivity index (χ4v) is 7.16. The molecule has 0 saturated carbocycles. The summed E-state index contributed by atoms with van der Waals surface area (Å²) < 4.78 is 31.1. The lowest BCUT2D eigenvalue weighted by molar-refractivity contribution is -0.121. The largest absolute Gasteiger partial charge is 0.336 e. The number of rotatable bonds is 7. The number of aryl methyl sites for hydroxylation is 2. The van der Waals surface area contributed by atoms with E-state index in [1.165, 1.54) is 35.3 Å². The highest BCUT2D eigenvalue weighted by Gasteiger charge is 2.30. The molecule has 1 unspecified atom stereocenters. The van der Waals surface area contributed by atoms with Crippen molar-refractivity contribution in [1.29, 1.82) is 0 Å². The number of carbonyl (C=O) groups is 2. The Labute approximate surface area is 234 Å². The van der Waals surface area contributed by atoms with Crippen molar-refractivity contribution in [2.45, 2.75) is 24.1 Å². The molecule has 2 heterocycles. The van der Waals surface area contributed by atoms with Crippen LogP contribution in [0.1, 0.15) is 33.1 Å². The Morgan fingerprint density at radius 2 is 1.70 bits per heavy atom. The van der Waals surface area contributed by atoms with Gasteiger partial charge in [-0.25, -0.2) is 13.1 Å². The molecule has 0 aliphatic rings. The minimum absolute atomic E-state index is 0.0431. The van der Waals surface area contributed by atoms with E-state index in [0.29, 0.717) is 16.8 Å². The van der Waals surface area contributed by atoms with Crippen LogP contribution in [-0.2, 0) is 14.8 Å². The number of sulfonamides is 1. The molecule has 0 saturated heterocycles. The molecule has 1 atom stereocenters. The average molecular weight is 573 g/mol. The van der Waals surface area contributed by atoms with E-state index in [4.69, 9.17) is 0 Å². The average Bonchev–Trinajstić information content (AvgIpc) is 3.28. The smallest absolute Gasteiger partial charge is 0.273 e. The summed E-state index contributed by atoms with van der Waals surface area (Å²) in [5, 5.41) is 3.45. The standard InChI is InChI=1S/C29H24N4O5S2/c1-18-8-13-23-19(2)29(39-24(23)16-18)40(37,38)32-28(36)26(20-6-4-3-5-7-20)31-27(35)21-9-11-22(12-10-21)33-15-14-30-17-25(33)34/h3-17,26H,1-2H3,(H,31,35)(H,32,36). The molecule has 2 amide bonds. The lowest BCUT2D eigenvalue weighted by Crippen LogP contribution is -2.42. The van der Waals surface area contributed by atoms with Crippen molar-refractivity contribution in [2.24, 2.45) is 0 Å². The van der Waals surface area contributed by atoms with E-state index >= 15 is 0 Å². The van der Waals surface area contributed by atoms with Gasteiger partial charge in [0.05, 0.1) is 6.20 Å². The first-order chi connectivity index (χ1) is 19.1. The molecule has 40 heavy (non-hydrogen) atoms. The Morgan fingerprint density at radius 3 is 2.40 bits per heavy atom. The van der Waals surface area contributed by atoms with E-state index in [-0.39, 0.29) is 15.3 Å². The third-order valence-electron chi connectivity index (χ3n) is 6.33. The van der Waals surface area contributed by atoms with E-state index in [0.717, 1.165) is 27.0 Å². The second-order valence-electron chi connectivity index (χ2n) is 9.13. The van der Waals surface area contributed by atoms with Crippen LogP contribution in [0.3, 0.4) is 0 Å². The van der Waals surface area contributed by atoms with E-state index in [9.17, 15) is 22.8 Å². The lowest BCUT2D eigenvalue weighted by atomic mass is 10.1. The van der Waals surface area contributed by atoms with E-state index in [2.05, 4.69) is 15.0 Å². The van der Waals surface area contributed by atoms with Crippen molar-refractivity contribution in [3.63, 3.8) is 0 Å². The van der Waals surface area contributed by atoms with E-state index in [1.807, 2.05) is 25.1 Å². The van der Waals surface area contributed by atoms with E-state index in [1.54, 1.807) is 49.4 Å². The molecule has 5 aromatic rings. The van der Waals surface area contributed by atoms with Gasteiger partial charge >= 0.3 is 0 Å². The lowest BCUT2D eigenvalue weighted by Gasteiger charge is -2.19. The van der Waals surface area contributed by atoms with Gasteiger partial charge in [0.2, 0.25) is 0 Å². The number of aromatic nitrogens is 2. The normalized spacial score (nSPS) is 12.2. The molecular formula is C29H24N4O5S2. The van der Waals surface area contributed by atoms with Gasteiger partial charge in [0.25, 0.3) is 27.4 Å². The van der Waals surface area contributed by atoms with Crippen LogP contribution >= 0.6 is 11.3 Å². The Kier molecular flexibility index (Phi) is 7.33. The number of nitrogens with zero attached hydrogens (tertiary/aromatic N) is 2. The summed E-state index contributed by atoms with van der Waals surface area (Å²) in [6.45, 7) is 3.62. The van der Waals surface area contributed by atoms with Crippen LogP contribution < -0.4 is 15.6 Å². The molecule has 2 aromatic heterocycles. The molecule has 9 nitrogen and oxygen atoms in total. The van der Waals surface area contributed by atoms with Crippen molar-refractivity contribution in [2.75, 3.05) is 0 Å². The second kappa shape index (κ2) is 10.9. The Bertz CT molecular complexity index is 1900. The summed E-state index contributed by atoms with van der Waals surface area (Å²) in [6.07, 6.45) is 4.16. The highest BCUT2D eigenvalue weighted by Crippen LogP contribution is 2.34. The number of amides is 2. The third kappa shape index (κ3) is 5.42. The first-order valence-corrected chi connectivity index (χ1v) is 14.5. The number of nitrogens with one attached hydrogen (secondary N) is 2. The number of thiophene rings is 1. The minimum atomic E-state index is -4.23. The predicted molar refractivity (Wildman–Crippen MR) is 153 cm³/mol. The van der Waals surface area contributed by atoms with Crippen molar-refractivity contribution in [1.82, 2.24) is 19.6 Å². The zero-order valence-corrected chi connectivity index (χ0v) is 23.1. The maximum Gasteiger partial charge on any atom is 0.273 e. The molecule has 0 spiro atoms. The summed E-state index contributed by atoms with van der Waals surface area (Å²) >= 11 is 1.09. The summed E-state index contributed by atoms with van der Waals surface area (Å²) in [4.78, 5) is 42.4. The van der Waals surface area contributed by atoms with Gasteiger partial charge in [0, 0.05) is 28.3 Å². The molecule has 2 N–H and O–H groups in total. The Hall–Kier alpha value is -4.61. The predicted octanol–water partition coefficient (Wildman–Crippen LogP) is 4.04. The van der Waals surface area contributed by atoms with Crippen molar-refractivity contribution < 1.29 is 18.0 Å². The number of carbonyl (C=O) groups excluding carboxylic acids is 2. The van der Waals surface area contributed by atoms with Gasteiger partial charge in [-0.1, -0.05) is 42.5 Å². The number of hydrogen-bond donors (Lipinski definition) is 2. The van der Waals surface area contributed by atoms with Crippen LogP contribution in [0.2, 0.25) is 0 Å². The zero-order chi connectivity index (χ0) is 28.4. The molecule has 0 bridgehead atoms. The number of fused-ring (bicyclic) bond motifs is 1. The second-order valence-corrected chi connectivity index (χ2v) is 12.1. The monoisotopic (exact) mass is 572 g/mol. The highest BCUT2D eigenvalue weighted by atomic mass is 32.2. The summed E-state index contributed by atoms with van der Waals surface area (Å²) in [5.74, 6) is -1.49. The molecular weight excluding hydrogens is 548 g/mol. The zero-order valence-electron chi connectivity index (χ0n) is 21.5. The molecule has 5 rings (SSSR count). The van der Waals surface area contributed by atoms with Crippen molar-refractivity contribution >= 4 is 43.3 Å². The quantitative estimate of drug-likeness (QED) is 0.303. The number of benzene rings is 3. The summed E-state index contributed by atoms with van der Waals surface area (Å²) in [5.41, 5.74) is 2.38. The molecule has 11 heteroatoms. The molecule has 0 aliphatic heterocycles. The van der Waals surface area contributed by atoms with Gasteiger partial charge in [0.15, 0.2) is 0 Å². The molecule has 202 valence electrons. The molecule has 0 aliphatic carbocycles. The summed E-state index contributed by atoms with van der Waals surface area (Å²) in [6, 6.07) is 19.0. The van der Waals surface area contributed by atoms with Crippen LogP contribution in [0.4, 0.5) is 0 Å². The van der Waals surface area contributed by atoms with Crippen LogP contribution in [0.15, 0.2) is 100 Å². The Balaban J connectivity index is 1.41. The van der Waals surface area contributed by atoms with Gasteiger partial charge in [0.1, 0.15) is 10.3 Å². The fourth-order valence-electron chi connectivity index (χ4n) is 4.30. The minimum Gasteiger partial charge on any atom is -0.336 e. The molecule has 0 radical (unpaired) electrons. The van der Waals surface area contributed by atoms with Crippen molar-refractivity contribution in [3.8, 4) is 5.69 Å². The first-order valence-electron chi connectivity index (χ1n) is 12.2. The van der Waals surface area contributed by atoms with Crippen LogP contribution in [0.25, 0.3) is 15.8 Å². The van der Waals surface area contributed by atoms with Crippen LogP contribution in [0, 0.1) is 13.8 Å². The third-order valence-corrected chi connectivity index (χ3v) is 9.55. The highest BCUT2D eigenvalue weighted by molar-refractivity contribution is 7.92. The van der Waals surface area contributed by atoms with Gasteiger partial charge in [-0.2, -0.15) is 0 Å². The molecule has 0 fully saturated rings. The van der Waals surface area contributed by atoms with E-state index < -0.39 is 27.9 Å². The van der Waals surface area contributed by atoms with Gasteiger partial charge in [-0.3, -0.25) is 23.9 Å². The SMILES string of the molecule is Cc1ccc2c(C)c(S(=O)(=O)NC(=O)C(NC(=O)c3ccc(-n4ccncc4=O)cc3)c3ccccc3)sc2c1. The van der Waals surface area contributed by atoms with Crippen molar-refractivity contribution in [3.05, 3.63) is 124 Å². The number of hydrogen-bond acceptors (Lipinski definition) is 7. The van der Waals surface area contributed by atoms with Gasteiger partial charge < -0.3 is 5.32 Å². The van der Waals surface area contributed by atoms with Crippen LogP contribution in [-0.4, -0.2) is 29.8 Å². The maximum absolute atomic E-state index is 13.4. The Morgan fingerprint density at radius 1 is 0.975 bits per heavy atom. The topological polar surface area (TPSA) is 127 Å². The first kappa shape index (κ1) is 27.0. The van der Waals surface area contributed by atoms with Gasteiger partial charge in [-0.05, 0) is 66.3 Å². The van der Waals surface area contributed by atoms with Gasteiger partial charge in [-0.15, -0.1) is 11.3 Å². The summed E-state index contributed by atoms with van der Waals surface area (Å²) in [7, 11) is -4.23. The maximum atomic E-state index is 13.4. The van der Waals surface area contributed by atoms with Crippen LogP contribution in [0.5, 0.6) is 0 Å². The fraction of sp³-hybridized carbons (Fsp3) is 0.103.